The van der Waals surface area contributed by atoms with Crippen LogP contribution in [0.4, 0.5) is 5.69 Å². The maximum absolute atomic E-state index is 2.70. The van der Waals surface area contributed by atoms with Gasteiger partial charge in [0.1, 0.15) is 0 Å². The molecule has 0 bridgehead atoms. The van der Waals surface area contributed by atoms with Crippen LogP contribution in [0.1, 0.15) is 13.8 Å². The predicted molar refractivity (Wildman–Crippen MR) is 65.1 cm³/mol. The normalized spacial score (nSPS) is 9.15. The van der Waals surface area contributed by atoms with Gasteiger partial charge in [0.15, 0.2) is 0 Å². The van der Waals surface area contributed by atoms with E-state index in [2.05, 4.69) is 52.3 Å². The van der Waals surface area contributed by atoms with Gasteiger partial charge in [-0.1, -0.05) is 12.1 Å². The van der Waals surface area contributed by atoms with Crippen molar-refractivity contribution in [1.82, 2.24) is 0 Å². The summed E-state index contributed by atoms with van der Waals surface area (Å²) in [6.45, 7) is 6.51. The molecule has 3 heteroatoms. The molecule has 0 aliphatic heterocycles. The van der Waals surface area contributed by atoms with Gasteiger partial charge in [-0.15, -0.1) is 9.24 Å². The molecule has 1 nitrogen and oxygen atoms in total. The fourth-order valence-corrected chi connectivity index (χ4v) is 1.47. The van der Waals surface area contributed by atoms with Crippen molar-refractivity contribution in [2.24, 2.45) is 0 Å². The smallest absolute Gasteiger partial charge is 0.0366 e. The SMILES string of the molecule is CCN(CC)c1ccc(P)cc1.[B]. The number of nitrogens with zero attached hydrogens (tertiary/aromatic N) is 1. The number of benzene rings is 1. The zero-order valence-electron chi connectivity index (χ0n) is 8.33. The highest BCUT2D eigenvalue weighted by Gasteiger charge is 1.98. The highest BCUT2D eigenvalue weighted by atomic mass is 31.0. The molecule has 13 heavy (non-hydrogen) atoms. The van der Waals surface area contributed by atoms with E-state index in [1.54, 1.807) is 0 Å². The van der Waals surface area contributed by atoms with Crippen LogP contribution in [0.2, 0.25) is 0 Å². The Labute approximate surface area is 85.3 Å². The molecule has 0 fully saturated rings. The summed E-state index contributed by atoms with van der Waals surface area (Å²) in [5.41, 5.74) is 1.31. The zero-order valence-corrected chi connectivity index (χ0v) is 9.48. The second kappa shape index (κ2) is 6.04. The van der Waals surface area contributed by atoms with Crippen molar-refractivity contribution in [3.05, 3.63) is 24.3 Å². The molecule has 0 aliphatic rings. The minimum Gasteiger partial charge on any atom is -0.372 e. The first-order valence-electron chi connectivity index (χ1n) is 4.38. The largest absolute Gasteiger partial charge is 0.372 e. The second-order valence-corrected chi connectivity index (χ2v) is 3.43. The van der Waals surface area contributed by atoms with E-state index in [4.69, 9.17) is 0 Å². The summed E-state index contributed by atoms with van der Waals surface area (Å²) in [6.07, 6.45) is 0. The van der Waals surface area contributed by atoms with E-state index in [0.717, 1.165) is 13.1 Å². The van der Waals surface area contributed by atoms with E-state index in [9.17, 15) is 0 Å². The monoisotopic (exact) mass is 192 g/mol. The summed E-state index contributed by atoms with van der Waals surface area (Å²) in [5, 5.41) is 1.24. The van der Waals surface area contributed by atoms with Gasteiger partial charge in [-0.05, 0) is 31.3 Å². The van der Waals surface area contributed by atoms with E-state index < -0.39 is 0 Å². The topological polar surface area (TPSA) is 3.24 Å². The van der Waals surface area contributed by atoms with Crippen LogP contribution >= 0.6 is 9.24 Å². The highest BCUT2D eigenvalue weighted by Crippen LogP contribution is 2.11. The van der Waals surface area contributed by atoms with Gasteiger partial charge in [0.2, 0.25) is 0 Å². The van der Waals surface area contributed by atoms with E-state index >= 15 is 0 Å². The lowest BCUT2D eigenvalue weighted by atomic mass is 10.3. The Morgan fingerprint density at radius 2 is 1.54 bits per heavy atom. The molecule has 0 aliphatic carbocycles. The van der Waals surface area contributed by atoms with E-state index in [1.165, 1.54) is 11.0 Å². The molecule has 1 aromatic rings. The zero-order chi connectivity index (χ0) is 8.97. The molecule has 1 rings (SSSR count). The minimum atomic E-state index is 0. The van der Waals surface area contributed by atoms with Crippen LogP contribution in [-0.4, -0.2) is 21.5 Å². The fraction of sp³-hybridized carbons (Fsp3) is 0.400. The Balaban J connectivity index is 0.00000144. The Morgan fingerprint density at radius 3 is 1.92 bits per heavy atom. The van der Waals surface area contributed by atoms with Crippen LogP contribution in [0.25, 0.3) is 0 Å². The molecular weight excluding hydrogens is 176 g/mol. The maximum Gasteiger partial charge on any atom is 0.0366 e. The molecule has 1 unspecified atom stereocenters. The summed E-state index contributed by atoms with van der Waals surface area (Å²) in [5.74, 6) is 0. The Bertz CT molecular complexity index is 231. The first-order valence-corrected chi connectivity index (χ1v) is 4.96. The van der Waals surface area contributed by atoms with Crippen molar-refractivity contribution in [3.8, 4) is 0 Å². The molecule has 69 valence electrons. The van der Waals surface area contributed by atoms with Gasteiger partial charge >= 0.3 is 0 Å². The third-order valence-corrected chi connectivity index (χ3v) is 2.41. The van der Waals surface area contributed by atoms with Gasteiger partial charge in [-0.2, -0.15) is 0 Å². The first kappa shape index (κ1) is 12.5. The van der Waals surface area contributed by atoms with Crippen LogP contribution in [0.3, 0.4) is 0 Å². The van der Waals surface area contributed by atoms with Gasteiger partial charge in [0.05, 0.1) is 0 Å². The highest BCUT2D eigenvalue weighted by molar-refractivity contribution is 7.27. The predicted octanol–water partition coefficient (Wildman–Crippen LogP) is 1.65. The van der Waals surface area contributed by atoms with Crippen LogP contribution in [-0.2, 0) is 0 Å². The first-order chi connectivity index (χ1) is 5.77. The number of hydrogen-bond donors (Lipinski definition) is 0. The summed E-state index contributed by atoms with van der Waals surface area (Å²) in [4.78, 5) is 2.34. The fourth-order valence-electron chi connectivity index (χ4n) is 1.27. The number of anilines is 1. The quantitative estimate of drug-likeness (QED) is 0.519. The number of rotatable bonds is 3. The molecule has 0 amide bonds. The lowest BCUT2D eigenvalue weighted by molar-refractivity contribution is 0.866. The van der Waals surface area contributed by atoms with Gasteiger partial charge in [-0.25, -0.2) is 0 Å². The molecule has 0 heterocycles. The molecule has 0 saturated carbocycles. The van der Waals surface area contributed by atoms with Crippen molar-refractivity contribution in [2.45, 2.75) is 13.8 Å². The maximum atomic E-state index is 2.70. The van der Waals surface area contributed by atoms with Gasteiger partial charge in [0.25, 0.3) is 0 Å². The summed E-state index contributed by atoms with van der Waals surface area (Å²) in [7, 11) is 2.70. The van der Waals surface area contributed by atoms with Crippen molar-refractivity contribution in [2.75, 3.05) is 18.0 Å². The molecule has 1 atom stereocenters. The van der Waals surface area contributed by atoms with Crippen molar-refractivity contribution in [1.29, 1.82) is 0 Å². The lowest BCUT2D eigenvalue weighted by Crippen LogP contribution is -2.21. The van der Waals surface area contributed by atoms with Crippen LogP contribution in [0.15, 0.2) is 24.3 Å². The van der Waals surface area contributed by atoms with Crippen molar-refractivity contribution < 1.29 is 0 Å². The molecule has 1 aromatic carbocycles. The van der Waals surface area contributed by atoms with Crippen molar-refractivity contribution in [3.63, 3.8) is 0 Å². The molecule has 3 radical (unpaired) electrons. The molecule has 0 saturated heterocycles. The third-order valence-electron chi connectivity index (χ3n) is 2.02. The van der Waals surface area contributed by atoms with Crippen LogP contribution in [0.5, 0.6) is 0 Å². The minimum absolute atomic E-state index is 0. The van der Waals surface area contributed by atoms with Crippen LogP contribution < -0.4 is 10.2 Å². The van der Waals surface area contributed by atoms with Gasteiger partial charge in [-0.3, -0.25) is 0 Å². The Kier molecular flexibility index (Phi) is 5.82. The standard InChI is InChI=1S/C10H16NP.B/c1-3-11(4-2)9-5-7-10(12)8-6-9;/h5-8H,3-4,12H2,1-2H3;. The molecule has 0 aromatic heterocycles. The summed E-state index contributed by atoms with van der Waals surface area (Å²) >= 11 is 0. The van der Waals surface area contributed by atoms with E-state index in [1.807, 2.05) is 0 Å². The van der Waals surface area contributed by atoms with Gasteiger partial charge in [0, 0.05) is 27.2 Å². The molecule has 0 spiro atoms. The average Bonchev–Trinajstić information content (AvgIpc) is 2.10. The Morgan fingerprint density at radius 1 is 1.08 bits per heavy atom. The van der Waals surface area contributed by atoms with E-state index in [0.29, 0.717) is 0 Å². The van der Waals surface area contributed by atoms with Crippen LogP contribution in [0, 0.1) is 0 Å². The Hall–Kier alpha value is -0.485. The van der Waals surface area contributed by atoms with E-state index in [-0.39, 0.29) is 8.41 Å². The van der Waals surface area contributed by atoms with Crippen molar-refractivity contribution >= 4 is 28.6 Å². The summed E-state index contributed by atoms with van der Waals surface area (Å²) < 4.78 is 0. The molecule has 0 N–H and O–H groups in total. The molecular formula is C10H16BNP. The summed E-state index contributed by atoms with van der Waals surface area (Å²) in [6, 6.07) is 8.57. The lowest BCUT2D eigenvalue weighted by Gasteiger charge is -2.20. The third kappa shape index (κ3) is 3.40. The number of hydrogen-bond acceptors (Lipinski definition) is 1. The average molecular weight is 192 g/mol. The van der Waals surface area contributed by atoms with Gasteiger partial charge < -0.3 is 4.90 Å². The second-order valence-electron chi connectivity index (χ2n) is 2.76.